The molecule has 6 aliphatic rings. The molecule has 103 heavy (non-hydrogen) atoms. The zero-order valence-corrected chi connectivity index (χ0v) is 61.8. The molecule has 0 aromatic heterocycles. The SMILES string of the molecule is Cc1cc(-c2ccc3c(c2)C(C)(C)c2cc(-c4ccc5c(c4)C(C)(C)c4ccccc4-5)ccc2-3)ccc1N(c1ccc(-c2ccc3c(c2)C(C)(C)c2cc(-c4ccc5c(c4)C(C)(C)c4ccccc4-5)ccc2-3)cc1C)c1cc2c(c3ccccc13)-c1cc3c(cc1C2(C)C)-c1ccccc1C3(C)C. The van der Waals surface area contributed by atoms with E-state index in [4.69, 9.17) is 0 Å². The van der Waals surface area contributed by atoms with E-state index in [1.54, 1.807) is 0 Å². The molecule has 0 N–H and O–H groups in total. The van der Waals surface area contributed by atoms with Gasteiger partial charge in [0.25, 0.3) is 0 Å². The van der Waals surface area contributed by atoms with Crippen LogP contribution in [-0.2, 0) is 32.5 Å². The van der Waals surface area contributed by atoms with E-state index in [9.17, 15) is 0 Å². The lowest BCUT2D eigenvalue weighted by Crippen LogP contribution is -2.18. The molecule has 0 unspecified atom stereocenters. The third-order valence-corrected chi connectivity index (χ3v) is 26.3. The van der Waals surface area contributed by atoms with Gasteiger partial charge >= 0.3 is 0 Å². The highest BCUT2D eigenvalue weighted by molar-refractivity contribution is 6.11. The van der Waals surface area contributed by atoms with Crippen LogP contribution in [0.4, 0.5) is 17.1 Å². The summed E-state index contributed by atoms with van der Waals surface area (Å²) in [5.41, 5.74) is 48.0. The van der Waals surface area contributed by atoms with Crippen molar-refractivity contribution in [3.05, 3.63) is 339 Å². The van der Waals surface area contributed by atoms with Crippen LogP contribution in [0.15, 0.2) is 261 Å². The first-order chi connectivity index (χ1) is 49.4. The van der Waals surface area contributed by atoms with Crippen LogP contribution >= 0.6 is 0 Å². The number of nitrogens with zero attached hydrogens (tertiary/aromatic N) is 1. The van der Waals surface area contributed by atoms with Crippen molar-refractivity contribution in [1.82, 2.24) is 0 Å². The molecule has 6 aliphatic carbocycles. The van der Waals surface area contributed by atoms with Crippen molar-refractivity contribution in [3.8, 4) is 111 Å². The second-order valence-corrected chi connectivity index (χ2v) is 34.1. The van der Waals surface area contributed by atoms with Gasteiger partial charge in [-0.2, -0.15) is 0 Å². The van der Waals surface area contributed by atoms with Crippen LogP contribution in [0.3, 0.4) is 0 Å². The number of benzene rings is 14. The summed E-state index contributed by atoms with van der Waals surface area (Å²) in [6.07, 6.45) is 0. The molecule has 0 saturated carbocycles. The molecule has 0 aliphatic heterocycles. The van der Waals surface area contributed by atoms with E-state index in [-0.39, 0.29) is 32.5 Å². The van der Waals surface area contributed by atoms with Gasteiger partial charge < -0.3 is 4.90 Å². The molecule has 0 heterocycles. The van der Waals surface area contributed by atoms with E-state index in [0.29, 0.717) is 0 Å². The van der Waals surface area contributed by atoms with Crippen molar-refractivity contribution in [2.24, 2.45) is 0 Å². The summed E-state index contributed by atoms with van der Waals surface area (Å²) in [4.78, 5) is 2.61. The molecule has 0 bridgehead atoms. The monoisotopic (exact) mass is 1320 g/mol. The van der Waals surface area contributed by atoms with Crippen molar-refractivity contribution in [3.63, 3.8) is 0 Å². The van der Waals surface area contributed by atoms with Crippen LogP contribution in [0, 0.1) is 13.8 Å². The summed E-state index contributed by atoms with van der Waals surface area (Å²) >= 11 is 0. The van der Waals surface area contributed by atoms with Gasteiger partial charge in [-0.1, -0.05) is 265 Å². The predicted octanol–water partition coefficient (Wildman–Crippen LogP) is 27.4. The first-order valence-corrected chi connectivity index (χ1v) is 37.4. The van der Waals surface area contributed by atoms with Gasteiger partial charge in [-0.05, 0) is 287 Å². The summed E-state index contributed by atoms with van der Waals surface area (Å²) < 4.78 is 0. The molecule has 0 fully saturated rings. The Morgan fingerprint density at radius 2 is 0.437 bits per heavy atom. The predicted molar refractivity (Wildman–Crippen MR) is 435 cm³/mol. The standard InChI is InChI=1S/C102H85N/c1-58-47-60(62-31-41-73-75-43-35-66(53-88(75)100(9,10)86(73)49-62)64-33-39-71-68-23-17-20-28-81(68)97(3,4)84(71)51-64)37-45-93(58)103(95-57-92-96(78-27-16-15-26-77(78)95)80-56-90-79(55-91(80)102(92,13)14)70-25-19-22-30-83(70)99(90,7)8)94-46-38-61(48-59(94)2)63-32-42-74-76-44-36-67(54-89(76)101(11,12)87(74)50-63)65-34-40-72-69-24-18-21-29-82(69)98(5,6)85(72)52-65/h15-57H,1-14H3. The zero-order chi connectivity index (χ0) is 70.5. The summed E-state index contributed by atoms with van der Waals surface area (Å²) in [5.74, 6) is 0. The highest BCUT2D eigenvalue weighted by Gasteiger charge is 2.45. The Kier molecular flexibility index (Phi) is 12.6. The Morgan fingerprint density at radius 3 is 0.796 bits per heavy atom. The maximum absolute atomic E-state index is 2.61. The molecule has 0 radical (unpaired) electrons. The van der Waals surface area contributed by atoms with Crippen molar-refractivity contribution in [2.45, 2.75) is 129 Å². The number of hydrogen-bond acceptors (Lipinski definition) is 1. The Balaban J connectivity index is 0.678. The van der Waals surface area contributed by atoms with Crippen LogP contribution in [-0.4, -0.2) is 0 Å². The molecule has 20 rings (SSSR count). The van der Waals surface area contributed by atoms with Gasteiger partial charge in [0.05, 0.1) is 5.69 Å². The topological polar surface area (TPSA) is 3.24 Å². The minimum atomic E-state index is -0.285. The lowest BCUT2D eigenvalue weighted by molar-refractivity contribution is 0.652. The van der Waals surface area contributed by atoms with E-state index in [1.807, 2.05) is 0 Å². The maximum Gasteiger partial charge on any atom is 0.0543 e. The number of aryl methyl sites for hydroxylation is 2. The highest BCUT2D eigenvalue weighted by atomic mass is 15.1. The number of rotatable bonds is 7. The van der Waals surface area contributed by atoms with E-state index >= 15 is 0 Å². The summed E-state index contributed by atoms with van der Waals surface area (Å²) in [7, 11) is 0. The molecule has 0 saturated heterocycles. The fourth-order valence-electron chi connectivity index (χ4n) is 20.5. The van der Waals surface area contributed by atoms with Gasteiger partial charge in [0, 0.05) is 49.3 Å². The van der Waals surface area contributed by atoms with Crippen LogP contribution in [0.25, 0.3) is 122 Å². The summed E-state index contributed by atoms with van der Waals surface area (Å²) in [5, 5.41) is 2.53. The lowest BCUT2D eigenvalue weighted by Gasteiger charge is -2.32. The molecule has 0 atom stereocenters. The van der Waals surface area contributed by atoms with Crippen molar-refractivity contribution >= 4 is 27.8 Å². The molecule has 498 valence electrons. The van der Waals surface area contributed by atoms with Crippen molar-refractivity contribution < 1.29 is 0 Å². The quantitative estimate of drug-likeness (QED) is 0.154. The Labute approximate surface area is 608 Å². The average molecular weight is 1320 g/mol. The van der Waals surface area contributed by atoms with Gasteiger partial charge in [-0.15, -0.1) is 0 Å². The molecule has 1 nitrogen and oxygen atoms in total. The van der Waals surface area contributed by atoms with Crippen molar-refractivity contribution in [1.29, 1.82) is 0 Å². The Hall–Kier alpha value is -10.9. The zero-order valence-electron chi connectivity index (χ0n) is 61.8. The molecular formula is C102H85N. The smallest absolute Gasteiger partial charge is 0.0543 e. The van der Waals surface area contributed by atoms with Gasteiger partial charge in [0.2, 0.25) is 0 Å². The van der Waals surface area contributed by atoms with E-state index in [0.717, 1.165) is 0 Å². The average Bonchev–Trinajstić information content (AvgIpc) is 1.54. The van der Waals surface area contributed by atoms with Gasteiger partial charge in [-0.25, -0.2) is 0 Å². The first-order valence-electron chi connectivity index (χ1n) is 37.4. The van der Waals surface area contributed by atoms with Crippen molar-refractivity contribution in [2.75, 3.05) is 4.90 Å². The lowest BCUT2D eigenvalue weighted by atomic mass is 9.79. The van der Waals surface area contributed by atoms with Gasteiger partial charge in [0.15, 0.2) is 0 Å². The number of hydrogen-bond donors (Lipinski definition) is 0. The Morgan fingerprint density at radius 1 is 0.184 bits per heavy atom. The van der Waals surface area contributed by atoms with Crippen LogP contribution in [0.2, 0.25) is 0 Å². The minimum Gasteiger partial charge on any atom is -0.309 e. The molecule has 0 amide bonds. The molecule has 0 spiro atoms. The van der Waals surface area contributed by atoms with Crippen LogP contribution in [0.1, 0.15) is 161 Å². The molecule has 14 aromatic rings. The fraction of sp³-hybridized carbons (Fsp3) is 0.196. The summed E-state index contributed by atoms with van der Waals surface area (Å²) in [6, 6.07) is 102. The van der Waals surface area contributed by atoms with Crippen LogP contribution in [0.5, 0.6) is 0 Å². The normalized spacial score (nSPS) is 16.3. The Bertz CT molecular complexity index is 5870. The third kappa shape index (κ3) is 8.43. The largest absolute Gasteiger partial charge is 0.309 e. The minimum absolute atomic E-state index is 0.0572. The number of anilines is 3. The second kappa shape index (κ2) is 20.9. The molecule has 14 aromatic carbocycles. The van der Waals surface area contributed by atoms with E-state index in [1.165, 1.54) is 217 Å². The van der Waals surface area contributed by atoms with Gasteiger partial charge in [-0.3, -0.25) is 0 Å². The third-order valence-electron chi connectivity index (χ3n) is 26.3. The number of fused-ring (bicyclic) bond motifs is 20. The second-order valence-electron chi connectivity index (χ2n) is 34.1. The molecule has 1 heteroatoms. The van der Waals surface area contributed by atoms with Crippen LogP contribution < -0.4 is 4.90 Å². The molecular weight excluding hydrogens is 1240 g/mol. The fourth-order valence-corrected chi connectivity index (χ4v) is 20.5. The van der Waals surface area contributed by atoms with Gasteiger partial charge in [0.1, 0.15) is 0 Å². The summed E-state index contributed by atoms with van der Waals surface area (Å²) in [6.45, 7) is 33.6. The highest BCUT2D eigenvalue weighted by Crippen LogP contribution is 2.61. The maximum atomic E-state index is 2.61. The first kappa shape index (κ1) is 62.0. The van der Waals surface area contributed by atoms with E-state index in [2.05, 4.69) is 363 Å². The van der Waals surface area contributed by atoms with E-state index < -0.39 is 0 Å².